The maximum Gasteiger partial charge on any atom is 0.314 e. The molecule has 3 N–H and O–H groups in total. The van der Waals surface area contributed by atoms with Crippen molar-refractivity contribution in [2.24, 2.45) is 10.8 Å². The van der Waals surface area contributed by atoms with Gasteiger partial charge < -0.3 is 20.5 Å². The summed E-state index contributed by atoms with van der Waals surface area (Å²) >= 11 is 0. The summed E-state index contributed by atoms with van der Waals surface area (Å²) in [7, 11) is 0. The Morgan fingerprint density at radius 2 is 1.90 bits per heavy atom. The molecule has 2 amide bonds. The van der Waals surface area contributed by atoms with Crippen LogP contribution in [0.2, 0.25) is 0 Å². The van der Waals surface area contributed by atoms with Crippen LogP contribution < -0.4 is 10.6 Å². The van der Waals surface area contributed by atoms with Crippen LogP contribution in [-0.2, 0) is 9.53 Å². The van der Waals surface area contributed by atoms with Gasteiger partial charge in [-0.3, -0.25) is 4.79 Å². The second kappa shape index (κ2) is 6.92. The van der Waals surface area contributed by atoms with Gasteiger partial charge in [-0.15, -0.1) is 0 Å². The minimum Gasteiger partial charge on any atom is -0.481 e. The Bertz CT molecular complexity index is 353. The van der Waals surface area contributed by atoms with Crippen LogP contribution >= 0.6 is 0 Å². The SMILES string of the molecule is CCC(C)(CNC(=O)NCC1(C)CCOCC1)C(=O)O. The van der Waals surface area contributed by atoms with Crippen LogP contribution in [0.4, 0.5) is 4.79 Å². The first-order valence-corrected chi connectivity index (χ1v) is 7.14. The zero-order valence-electron chi connectivity index (χ0n) is 12.6. The maximum absolute atomic E-state index is 11.8. The van der Waals surface area contributed by atoms with Gasteiger partial charge in [0.1, 0.15) is 0 Å². The van der Waals surface area contributed by atoms with Crippen molar-refractivity contribution in [3.05, 3.63) is 0 Å². The lowest BCUT2D eigenvalue weighted by Crippen LogP contribution is -2.47. The van der Waals surface area contributed by atoms with Gasteiger partial charge in [-0.1, -0.05) is 13.8 Å². The Hall–Kier alpha value is -1.30. The largest absolute Gasteiger partial charge is 0.481 e. The standard InChI is InChI=1S/C14H26N2O4/c1-4-14(3,11(17)18)10-16-12(19)15-9-13(2)5-7-20-8-6-13/h4-10H2,1-3H3,(H,17,18)(H2,15,16,19). The summed E-state index contributed by atoms with van der Waals surface area (Å²) in [6.45, 7) is 7.73. The quantitative estimate of drug-likeness (QED) is 0.692. The molecule has 1 atom stereocenters. The van der Waals surface area contributed by atoms with Crippen LogP contribution in [0.3, 0.4) is 0 Å². The van der Waals surface area contributed by atoms with Gasteiger partial charge in [0.15, 0.2) is 0 Å². The van der Waals surface area contributed by atoms with Crippen molar-refractivity contribution in [3.63, 3.8) is 0 Å². The molecule has 116 valence electrons. The molecular weight excluding hydrogens is 260 g/mol. The van der Waals surface area contributed by atoms with Gasteiger partial charge in [0.25, 0.3) is 0 Å². The molecular formula is C14H26N2O4. The molecule has 1 fully saturated rings. The van der Waals surface area contributed by atoms with Crippen molar-refractivity contribution >= 4 is 12.0 Å². The summed E-state index contributed by atoms with van der Waals surface area (Å²) in [5, 5.41) is 14.6. The Morgan fingerprint density at radius 1 is 1.30 bits per heavy atom. The van der Waals surface area contributed by atoms with Crippen molar-refractivity contribution in [2.75, 3.05) is 26.3 Å². The predicted molar refractivity (Wildman–Crippen MR) is 75.6 cm³/mol. The van der Waals surface area contributed by atoms with Crippen LogP contribution in [-0.4, -0.2) is 43.4 Å². The molecule has 0 bridgehead atoms. The van der Waals surface area contributed by atoms with Gasteiger partial charge in [0, 0.05) is 26.3 Å². The Kier molecular flexibility index (Phi) is 5.80. The van der Waals surface area contributed by atoms with Gasteiger partial charge in [-0.25, -0.2) is 4.79 Å². The number of ether oxygens (including phenoxy) is 1. The third-order valence-corrected chi connectivity index (χ3v) is 4.31. The van der Waals surface area contributed by atoms with E-state index < -0.39 is 11.4 Å². The molecule has 1 heterocycles. The van der Waals surface area contributed by atoms with E-state index in [1.807, 2.05) is 0 Å². The second-order valence-corrected chi connectivity index (χ2v) is 6.18. The summed E-state index contributed by atoms with van der Waals surface area (Å²) in [5.41, 5.74) is -0.851. The fourth-order valence-corrected chi connectivity index (χ4v) is 2.02. The number of hydrogen-bond donors (Lipinski definition) is 3. The monoisotopic (exact) mass is 286 g/mol. The van der Waals surface area contributed by atoms with Gasteiger partial charge in [0.05, 0.1) is 5.41 Å². The maximum atomic E-state index is 11.8. The van der Waals surface area contributed by atoms with E-state index in [9.17, 15) is 9.59 Å². The molecule has 0 saturated carbocycles. The average Bonchev–Trinajstić information content (AvgIpc) is 2.43. The number of aliphatic carboxylic acids is 1. The molecule has 20 heavy (non-hydrogen) atoms. The first-order chi connectivity index (χ1) is 9.31. The van der Waals surface area contributed by atoms with E-state index >= 15 is 0 Å². The highest BCUT2D eigenvalue weighted by Gasteiger charge is 2.32. The summed E-state index contributed by atoms with van der Waals surface area (Å²) < 4.78 is 5.31. The van der Waals surface area contributed by atoms with Crippen LogP contribution in [0.15, 0.2) is 0 Å². The van der Waals surface area contributed by atoms with E-state index in [-0.39, 0.29) is 18.0 Å². The molecule has 6 nitrogen and oxygen atoms in total. The predicted octanol–water partition coefficient (Wildman–Crippen LogP) is 1.60. The van der Waals surface area contributed by atoms with Crippen molar-refractivity contribution in [1.29, 1.82) is 0 Å². The molecule has 1 aliphatic rings. The van der Waals surface area contributed by atoms with E-state index in [1.54, 1.807) is 13.8 Å². The Labute approximate surface area is 120 Å². The minimum atomic E-state index is -0.917. The number of carboxylic acid groups (broad SMARTS) is 1. The van der Waals surface area contributed by atoms with Gasteiger partial charge >= 0.3 is 12.0 Å². The zero-order valence-corrected chi connectivity index (χ0v) is 12.6. The molecule has 0 aromatic carbocycles. The Balaban J connectivity index is 2.35. The van der Waals surface area contributed by atoms with E-state index in [4.69, 9.17) is 9.84 Å². The van der Waals surface area contributed by atoms with E-state index in [1.165, 1.54) is 0 Å². The molecule has 1 saturated heterocycles. The second-order valence-electron chi connectivity index (χ2n) is 6.18. The fourth-order valence-electron chi connectivity index (χ4n) is 2.02. The molecule has 1 aliphatic heterocycles. The first-order valence-electron chi connectivity index (χ1n) is 7.14. The van der Waals surface area contributed by atoms with Crippen molar-refractivity contribution in [2.45, 2.75) is 40.0 Å². The third kappa shape index (κ3) is 4.67. The topological polar surface area (TPSA) is 87.7 Å². The number of rotatable bonds is 6. The molecule has 6 heteroatoms. The van der Waals surface area contributed by atoms with Crippen LogP contribution in [0, 0.1) is 10.8 Å². The van der Waals surface area contributed by atoms with E-state index in [0.717, 1.165) is 26.1 Å². The summed E-state index contributed by atoms with van der Waals surface area (Å²) in [6.07, 6.45) is 2.32. The van der Waals surface area contributed by atoms with Gasteiger partial charge in [-0.2, -0.15) is 0 Å². The molecule has 0 radical (unpaired) electrons. The Morgan fingerprint density at radius 3 is 2.40 bits per heavy atom. The summed E-state index contributed by atoms with van der Waals surface area (Å²) in [6, 6.07) is -0.307. The zero-order chi connectivity index (χ0) is 15.2. The van der Waals surface area contributed by atoms with Crippen LogP contribution in [0.25, 0.3) is 0 Å². The highest BCUT2D eigenvalue weighted by atomic mass is 16.5. The van der Waals surface area contributed by atoms with Crippen LogP contribution in [0.5, 0.6) is 0 Å². The normalized spacial score (nSPS) is 20.8. The summed E-state index contributed by atoms with van der Waals surface area (Å²) in [5.74, 6) is -0.892. The number of nitrogens with one attached hydrogen (secondary N) is 2. The minimum absolute atomic E-state index is 0.0659. The molecule has 1 unspecified atom stereocenters. The summed E-state index contributed by atoms with van der Waals surface area (Å²) in [4.78, 5) is 22.9. The lowest BCUT2D eigenvalue weighted by Gasteiger charge is -2.33. The molecule has 0 spiro atoms. The average molecular weight is 286 g/mol. The van der Waals surface area contributed by atoms with Crippen molar-refractivity contribution in [1.82, 2.24) is 10.6 Å². The van der Waals surface area contributed by atoms with Crippen molar-refractivity contribution < 1.29 is 19.4 Å². The molecule has 0 aromatic heterocycles. The number of urea groups is 1. The number of amides is 2. The lowest BCUT2D eigenvalue weighted by atomic mass is 9.82. The molecule has 0 aliphatic carbocycles. The van der Waals surface area contributed by atoms with E-state index in [2.05, 4.69) is 17.6 Å². The van der Waals surface area contributed by atoms with E-state index in [0.29, 0.717) is 13.0 Å². The highest BCUT2D eigenvalue weighted by molar-refractivity contribution is 5.77. The fraction of sp³-hybridized carbons (Fsp3) is 0.857. The van der Waals surface area contributed by atoms with Crippen molar-refractivity contribution in [3.8, 4) is 0 Å². The smallest absolute Gasteiger partial charge is 0.314 e. The number of carbonyl (C=O) groups excluding carboxylic acids is 1. The highest BCUT2D eigenvalue weighted by Crippen LogP contribution is 2.28. The third-order valence-electron chi connectivity index (χ3n) is 4.31. The number of carbonyl (C=O) groups is 2. The van der Waals surface area contributed by atoms with Gasteiger partial charge in [-0.05, 0) is 31.6 Å². The lowest BCUT2D eigenvalue weighted by molar-refractivity contribution is -0.147. The first kappa shape index (κ1) is 16.8. The number of carboxylic acids is 1. The molecule has 0 aromatic rings. The van der Waals surface area contributed by atoms with Crippen LogP contribution in [0.1, 0.15) is 40.0 Å². The molecule has 1 rings (SSSR count). The van der Waals surface area contributed by atoms with Gasteiger partial charge in [0.2, 0.25) is 0 Å². The number of hydrogen-bond acceptors (Lipinski definition) is 3.